The second kappa shape index (κ2) is 9.91. The van der Waals surface area contributed by atoms with Gasteiger partial charge in [-0.05, 0) is 24.3 Å². The normalized spacial score (nSPS) is 13.9. The monoisotopic (exact) mass is 460 g/mol. The first-order valence-electron chi connectivity index (χ1n) is 10.9. The van der Waals surface area contributed by atoms with Crippen molar-refractivity contribution in [2.45, 2.75) is 11.7 Å². The number of furan rings is 1. The molecule has 1 fully saturated rings. The number of carbonyl (C=O) groups is 1. The van der Waals surface area contributed by atoms with Crippen LogP contribution in [-0.4, -0.2) is 62.5 Å². The van der Waals surface area contributed by atoms with Gasteiger partial charge in [-0.2, -0.15) is 0 Å². The Bertz CT molecular complexity index is 1170. The van der Waals surface area contributed by atoms with Gasteiger partial charge in [0, 0.05) is 37.9 Å². The van der Waals surface area contributed by atoms with E-state index in [1.807, 2.05) is 70.1 Å². The molecule has 4 aromatic rings. The molecular formula is C24H24N6O2S. The van der Waals surface area contributed by atoms with Gasteiger partial charge in [0.05, 0.1) is 18.6 Å². The van der Waals surface area contributed by atoms with Gasteiger partial charge >= 0.3 is 0 Å². The average Bonchev–Trinajstić information content (AvgIpc) is 3.54. The third kappa shape index (κ3) is 4.93. The number of aromatic nitrogens is 4. The minimum absolute atomic E-state index is 0.106. The molecule has 1 amide bonds. The Morgan fingerprint density at radius 1 is 0.939 bits per heavy atom. The van der Waals surface area contributed by atoms with Crippen molar-refractivity contribution in [1.29, 1.82) is 0 Å². The third-order valence-electron chi connectivity index (χ3n) is 5.57. The highest BCUT2D eigenvalue weighted by Gasteiger charge is 2.23. The zero-order valence-electron chi connectivity index (χ0n) is 18.1. The van der Waals surface area contributed by atoms with Crippen molar-refractivity contribution in [2.24, 2.45) is 0 Å². The molecule has 0 N–H and O–H groups in total. The van der Waals surface area contributed by atoms with Gasteiger partial charge in [0.2, 0.25) is 5.91 Å². The van der Waals surface area contributed by atoms with Crippen LogP contribution in [0.25, 0.3) is 11.4 Å². The van der Waals surface area contributed by atoms with E-state index in [9.17, 15) is 4.79 Å². The van der Waals surface area contributed by atoms with Crippen LogP contribution in [0, 0.1) is 0 Å². The maximum absolute atomic E-state index is 12.9. The van der Waals surface area contributed by atoms with E-state index in [2.05, 4.69) is 20.1 Å². The molecule has 168 valence electrons. The zero-order valence-corrected chi connectivity index (χ0v) is 18.9. The predicted molar refractivity (Wildman–Crippen MR) is 127 cm³/mol. The average molecular weight is 461 g/mol. The Labute approximate surface area is 196 Å². The first-order valence-corrected chi connectivity index (χ1v) is 11.8. The van der Waals surface area contributed by atoms with Gasteiger partial charge in [-0.15, -0.1) is 10.2 Å². The van der Waals surface area contributed by atoms with Gasteiger partial charge in [0.15, 0.2) is 11.0 Å². The fourth-order valence-corrected chi connectivity index (χ4v) is 4.68. The number of thioether (sulfide) groups is 1. The van der Waals surface area contributed by atoms with E-state index < -0.39 is 0 Å². The number of nitrogens with zero attached hydrogens (tertiary/aromatic N) is 6. The van der Waals surface area contributed by atoms with Gasteiger partial charge in [-0.1, -0.05) is 48.2 Å². The molecule has 0 atom stereocenters. The Kier molecular flexibility index (Phi) is 6.39. The summed E-state index contributed by atoms with van der Waals surface area (Å²) in [5, 5.41) is 9.50. The van der Waals surface area contributed by atoms with E-state index >= 15 is 0 Å². The summed E-state index contributed by atoms with van der Waals surface area (Å²) in [5.41, 5.74) is 0.973. The summed E-state index contributed by atoms with van der Waals surface area (Å²) in [7, 11) is 0. The van der Waals surface area contributed by atoms with Crippen LogP contribution in [0.4, 0.5) is 5.82 Å². The highest BCUT2D eigenvalue weighted by atomic mass is 32.2. The summed E-state index contributed by atoms with van der Waals surface area (Å²) in [6, 6.07) is 19.6. The van der Waals surface area contributed by atoms with Gasteiger partial charge in [-0.25, -0.2) is 4.98 Å². The predicted octanol–water partition coefficient (Wildman–Crippen LogP) is 3.42. The molecule has 8 nitrogen and oxygen atoms in total. The second-order valence-electron chi connectivity index (χ2n) is 7.68. The van der Waals surface area contributed by atoms with E-state index in [4.69, 9.17) is 4.42 Å². The van der Waals surface area contributed by atoms with Crippen molar-refractivity contribution < 1.29 is 9.21 Å². The Balaban J connectivity index is 1.25. The van der Waals surface area contributed by atoms with Crippen LogP contribution in [0.1, 0.15) is 5.76 Å². The topological polar surface area (TPSA) is 80.3 Å². The number of rotatable bonds is 7. The van der Waals surface area contributed by atoms with Crippen LogP contribution in [0.3, 0.4) is 0 Å². The summed E-state index contributed by atoms with van der Waals surface area (Å²) < 4.78 is 7.55. The van der Waals surface area contributed by atoms with E-state index in [0.717, 1.165) is 36.1 Å². The summed E-state index contributed by atoms with van der Waals surface area (Å²) in [6.45, 7) is 3.43. The molecule has 1 aliphatic heterocycles. The summed E-state index contributed by atoms with van der Waals surface area (Å²) in [5.74, 6) is 2.94. The van der Waals surface area contributed by atoms with Crippen molar-refractivity contribution in [3.8, 4) is 11.4 Å². The largest absolute Gasteiger partial charge is 0.467 e. The van der Waals surface area contributed by atoms with Crippen LogP contribution in [-0.2, 0) is 11.3 Å². The van der Waals surface area contributed by atoms with Crippen LogP contribution in [0.5, 0.6) is 0 Å². The van der Waals surface area contributed by atoms with Crippen molar-refractivity contribution in [3.63, 3.8) is 0 Å². The van der Waals surface area contributed by atoms with Crippen LogP contribution in [0.15, 0.2) is 82.7 Å². The molecule has 33 heavy (non-hydrogen) atoms. The molecular weight excluding hydrogens is 436 g/mol. The molecule has 1 aromatic carbocycles. The number of anilines is 1. The third-order valence-corrected chi connectivity index (χ3v) is 6.52. The first-order chi connectivity index (χ1) is 16.3. The number of pyridine rings is 1. The molecule has 9 heteroatoms. The minimum atomic E-state index is 0.106. The van der Waals surface area contributed by atoms with Gasteiger partial charge < -0.3 is 14.2 Å². The van der Waals surface area contributed by atoms with E-state index in [1.165, 1.54) is 11.8 Å². The van der Waals surface area contributed by atoms with E-state index in [1.54, 1.807) is 12.5 Å². The fraction of sp³-hybridized carbons (Fsp3) is 0.250. The molecule has 4 heterocycles. The number of hydrogen-bond donors (Lipinski definition) is 0. The molecule has 0 saturated carbocycles. The van der Waals surface area contributed by atoms with Crippen LogP contribution in [0.2, 0.25) is 0 Å². The summed E-state index contributed by atoms with van der Waals surface area (Å²) in [6.07, 6.45) is 3.45. The maximum Gasteiger partial charge on any atom is 0.233 e. The maximum atomic E-state index is 12.9. The van der Waals surface area contributed by atoms with E-state index in [0.29, 0.717) is 30.5 Å². The van der Waals surface area contributed by atoms with Crippen molar-refractivity contribution in [2.75, 3.05) is 36.8 Å². The van der Waals surface area contributed by atoms with Gasteiger partial charge in [0.1, 0.15) is 11.6 Å². The molecule has 0 bridgehead atoms. The Hall–Kier alpha value is -3.59. The summed E-state index contributed by atoms with van der Waals surface area (Å²) in [4.78, 5) is 21.4. The SMILES string of the molecule is O=C(CSc1nnc(-c2ccccc2)n1Cc1ccco1)N1CCN(c2ccccn2)CC1. The lowest BCUT2D eigenvalue weighted by molar-refractivity contribution is -0.128. The molecule has 5 rings (SSSR count). The van der Waals surface area contributed by atoms with Crippen molar-refractivity contribution in [3.05, 3.63) is 78.9 Å². The first kappa shape index (κ1) is 21.3. The van der Waals surface area contributed by atoms with Crippen LogP contribution >= 0.6 is 11.8 Å². The van der Waals surface area contributed by atoms with Gasteiger partial charge in [0.25, 0.3) is 0 Å². The quantitative estimate of drug-likeness (QED) is 0.391. The number of piperazine rings is 1. The standard InChI is InChI=1S/C24H24N6O2S/c31-22(29-14-12-28(13-15-29)21-10-4-5-11-25-21)18-33-24-27-26-23(19-7-2-1-3-8-19)30(24)17-20-9-6-16-32-20/h1-11,16H,12-15,17-18H2. The molecule has 0 aliphatic carbocycles. The Morgan fingerprint density at radius 3 is 2.48 bits per heavy atom. The fourth-order valence-electron chi connectivity index (χ4n) is 3.84. The lowest BCUT2D eigenvalue weighted by atomic mass is 10.2. The molecule has 1 saturated heterocycles. The second-order valence-corrected chi connectivity index (χ2v) is 8.62. The molecule has 0 spiro atoms. The molecule has 0 unspecified atom stereocenters. The van der Waals surface area contributed by atoms with Crippen molar-refractivity contribution in [1.82, 2.24) is 24.6 Å². The number of hydrogen-bond acceptors (Lipinski definition) is 7. The van der Waals surface area contributed by atoms with Gasteiger partial charge in [-0.3, -0.25) is 9.36 Å². The zero-order chi connectivity index (χ0) is 22.5. The highest BCUT2D eigenvalue weighted by molar-refractivity contribution is 7.99. The lowest BCUT2D eigenvalue weighted by Crippen LogP contribution is -2.49. The minimum Gasteiger partial charge on any atom is -0.467 e. The Morgan fingerprint density at radius 2 is 1.76 bits per heavy atom. The lowest BCUT2D eigenvalue weighted by Gasteiger charge is -2.35. The van der Waals surface area contributed by atoms with Crippen molar-refractivity contribution >= 4 is 23.5 Å². The molecule has 1 aliphatic rings. The number of carbonyl (C=O) groups excluding carboxylic acids is 1. The summed E-state index contributed by atoms with van der Waals surface area (Å²) >= 11 is 1.41. The number of benzene rings is 1. The number of amides is 1. The van der Waals surface area contributed by atoms with E-state index in [-0.39, 0.29) is 5.91 Å². The smallest absolute Gasteiger partial charge is 0.233 e. The molecule has 3 aromatic heterocycles. The highest BCUT2D eigenvalue weighted by Crippen LogP contribution is 2.26. The van der Waals surface area contributed by atoms with Crippen LogP contribution < -0.4 is 4.90 Å². The molecule has 0 radical (unpaired) electrons.